The van der Waals surface area contributed by atoms with Crippen molar-refractivity contribution in [3.8, 4) is 0 Å². The van der Waals surface area contributed by atoms with E-state index >= 15 is 0 Å². The van der Waals surface area contributed by atoms with E-state index in [9.17, 15) is 9.59 Å². The zero-order chi connectivity index (χ0) is 22.5. The van der Waals surface area contributed by atoms with Crippen LogP contribution in [-0.2, 0) is 11.3 Å². The molecule has 2 N–H and O–H groups in total. The molecule has 0 unspecified atom stereocenters. The maximum Gasteiger partial charge on any atom is 0.411 e. The molecule has 4 rings (SSSR count). The van der Waals surface area contributed by atoms with E-state index in [1.54, 1.807) is 19.1 Å². The molecule has 1 amide bonds. The average Bonchev–Trinajstić information content (AvgIpc) is 2.80. The number of rotatable bonds is 6. The zero-order valence-electron chi connectivity index (χ0n) is 17.8. The number of anilines is 2. The highest BCUT2D eigenvalue weighted by Crippen LogP contribution is 2.24. The van der Waals surface area contributed by atoms with Gasteiger partial charge in [0, 0.05) is 5.69 Å². The van der Waals surface area contributed by atoms with E-state index in [0.717, 1.165) is 11.1 Å². The molecule has 0 saturated carbocycles. The molecule has 0 spiro atoms. The number of nitrogens with zero attached hydrogens (tertiary/aromatic N) is 1. The highest BCUT2D eigenvalue weighted by molar-refractivity contribution is 5.92. The minimum Gasteiger partial charge on any atom is -0.444 e. The molecule has 4 aromatic rings. The lowest BCUT2D eigenvalue weighted by molar-refractivity contribution is 0.155. The Labute approximate surface area is 185 Å². The fourth-order valence-corrected chi connectivity index (χ4v) is 3.40. The Hall–Kier alpha value is -4.13. The molecule has 0 aliphatic carbocycles. The number of fused-ring (bicyclic) bond motifs is 1. The summed E-state index contributed by atoms with van der Waals surface area (Å²) in [5, 5.41) is 6.11. The van der Waals surface area contributed by atoms with E-state index in [-0.39, 0.29) is 18.7 Å². The van der Waals surface area contributed by atoms with E-state index in [4.69, 9.17) is 9.15 Å². The minimum absolute atomic E-state index is 0.0919. The maximum atomic E-state index is 12.7. The SMILES string of the molecule is Cc1c(NC(=O)OCc2ccccc2)ccc2nc(N[C@H](C)c3ccccc3)oc(=O)c12. The van der Waals surface area contributed by atoms with Gasteiger partial charge < -0.3 is 14.5 Å². The van der Waals surface area contributed by atoms with Gasteiger partial charge in [-0.05, 0) is 42.7 Å². The summed E-state index contributed by atoms with van der Waals surface area (Å²) in [5.41, 5.74) is 2.89. The summed E-state index contributed by atoms with van der Waals surface area (Å²) < 4.78 is 10.7. The monoisotopic (exact) mass is 429 g/mol. The first-order valence-electron chi connectivity index (χ1n) is 10.2. The predicted molar refractivity (Wildman–Crippen MR) is 124 cm³/mol. The molecule has 0 saturated heterocycles. The van der Waals surface area contributed by atoms with Gasteiger partial charge in [-0.2, -0.15) is 4.98 Å². The van der Waals surface area contributed by atoms with Crippen molar-refractivity contribution >= 4 is 28.7 Å². The molecular weight excluding hydrogens is 406 g/mol. The van der Waals surface area contributed by atoms with E-state index in [2.05, 4.69) is 15.6 Å². The Morgan fingerprint density at radius 1 is 1.03 bits per heavy atom. The number of ether oxygens (including phenoxy) is 1. The third kappa shape index (κ3) is 4.78. The first-order valence-corrected chi connectivity index (χ1v) is 10.2. The molecule has 0 fully saturated rings. The number of benzene rings is 3. The molecule has 3 aromatic carbocycles. The van der Waals surface area contributed by atoms with Crippen LogP contribution < -0.4 is 16.3 Å². The average molecular weight is 429 g/mol. The van der Waals surface area contributed by atoms with Crippen molar-refractivity contribution in [2.75, 3.05) is 10.6 Å². The normalized spacial score (nSPS) is 11.7. The number of nitrogens with one attached hydrogen (secondary N) is 2. The molecule has 1 atom stereocenters. The fraction of sp³-hybridized carbons (Fsp3) is 0.160. The van der Waals surface area contributed by atoms with Gasteiger partial charge in [-0.1, -0.05) is 60.7 Å². The van der Waals surface area contributed by atoms with Crippen LogP contribution in [0, 0.1) is 6.92 Å². The van der Waals surface area contributed by atoms with E-state index in [1.807, 2.05) is 67.6 Å². The number of amides is 1. The standard InChI is InChI=1S/C25H23N3O4/c1-16-20(28-25(30)31-15-18-9-5-3-6-10-18)13-14-21-22(16)23(29)32-24(27-21)26-17(2)19-11-7-4-8-12-19/h3-14,17H,15H2,1-2H3,(H,26,27)(H,28,30)/t17-/m1/s1. The number of aromatic nitrogens is 1. The van der Waals surface area contributed by atoms with Gasteiger partial charge in [0.2, 0.25) is 0 Å². The summed E-state index contributed by atoms with van der Waals surface area (Å²) in [6.45, 7) is 3.84. The van der Waals surface area contributed by atoms with E-state index in [0.29, 0.717) is 22.2 Å². The van der Waals surface area contributed by atoms with Crippen LogP contribution in [0.2, 0.25) is 0 Å². The van der Waals surface area contributed by atoms with Gasteiger partial charge in [-0.15, -0.1) is 0 Å². The third-order valence-electron chi connectivity index (χ3n) is 5.15. The molecule has 7 nitrogen and oxygen atoms in total. The lowest BCUT2D eigenvalue weighted by Gasteiger charge is -2.14. The Bertz CT molecular complexity index is 1290. The summed E-state index contributed by atoms with van der Waals surface area (Å²) in [7, 11) is 0. The van der Waals surface area contributed by atoms with Crippen LogP contribution in [0.5, 0.6) is 0 Å². The maximum absolute atomic E-state index is 12.7. The summed E-state index contributed by atoms with van der Waals surface area (Å²) in [6, 6.07) is 22.6. The zero-order valence-corrected chi connectivity index (χ0v) is 17.8. The molecule has 162 valence electrons. The summed E-state index contributed by atoms with van der Waals surface area (Å²) >= 11 is 0. The van der Waals surface area contributed by atoms with Gasteiger partial charge in [-0.25, -0.2) is 9.59 Å². The second kappa shape index (κ2) is 9.34. The second-order valence-corrected chi connectivity index (χ2v) is 7.40. The molecule has 1 heterocycles. The number of hydrogen-bond donors (Lipinski definition) is 2. The Balaban J connectivity index is 1.51. The highest BCUT2D eigenvalue weighted by Gasteiger charge is 2.15. The van der Waals surface area contributed by atoms with Gasteiger partial charge in [0.15, 0.2) is 0 Å². The minimum atomic E-state index is -0.608. The summed E-state index contributed by atoms with van der Waals surface area (Å²) in [6.07, 6.45) is -0.608. The van der Waals surface area contributed by atoms with E-state index < -0.39 is 11.7 Å². The van der Waals surface area contributed by atoms with Crippen molar-refractivity contribution in [2.24, 2.45) is 0 Å². The predicted octanol–water partition coefficient (Wildman–Crippen LogP) is 5.42. The lowest BCUT2D eigenvalue weighted by Crippen LogP contribution is -2.16. The van der Waals surface area contributed by atoms with Crippen LogP contribution in [0.15, 0.2) is 82.0 Å². The third-order valence-corrected chi connectivity index (χ3v) is 5.15. The van der Waals surface area contributed by atoms with Crippen LogP contribution in [0.4, 0.5) is 16.5 Å². The van der Waals surface area contributed by atoms with E-state index in [1.165, 1.54) is 0 Å². The van der Waals surface area contributed by atoms with Crippen molar-refractivity contribution < 1.29 is 13.9 Å². The molecule has 32 heavy (non-hydrogen) atoms. The van der Waals surface area contributed by atoms with Crippen molar-refractivity contribution in [3.63, 3.8) is 0 Å². The van der Waals surface area contributed by atoms with Gasteiger partial charge >= 0.3 is 11.7 Å². The number of aryl methyl sites for hydroxylation is 1. The first kappa shape index (κ1) is 21.1. The van der Waals surface area contributed by atoms with Gasteiger partial charge in [0.1, 0.15) is 6.61 Å². The second-order valence-electron chi connectivity index (χ2n) is 7.40. The molecular formula is C25H23N3O4. The van der Waals surface area contributed by atoms with Gasteiger partial charge in [0.25, 0.3) is 6.01 Å². The molecule has 1 aromatic heterocycles. The topological polar surface area (TPSA) is 93.5 Å². The van der Waals surface area contributed by atoms with Crippen molar-refractivity contribution in [2.45, 2.75) is 26.5 Å². The smallest absolute Gasteiger partial charge is 0.411 e. The lowest BCUT2D eigenvalue weighted by atomic mass is 10.1. The molecule has 0 radical (unpaired) electrons. The Morgan fingerprint density at radius 3 is 2.44 bits per heavy atom. The largest absolute Gasteiger partial charge is 0.444 e. The first-order chi connectivity index (χ1) is 15.5. The quantitative estimate of drug-likeness (QED) is 0.425. The molecule has 0 aliphatic rings. The summed E-state index contributed by atoms with van der Waals surface area (Å²) in [4.78, 5) is 29.3. The number of carbonyl (C=O) groups excluding carboxylic acids is 1. The van der Waals surface area contributed by atoms with Crippen LogP contribution in [-0.4, -0.2) is 11.1 Å². The van der Waals surface area contributed by atoms with Crippen LogP contribution in [0.1, 0.15) is 29.7 Å². The highest BCUT2D eigenvalue weighted by atomic mass is 16.5. The van der Waals surface area contributed by atoms with Crippen molar-refractivity contribution in [1.82, 2.24) is 4.98 Å². The van der Waals surface area contributed by atoms with Crippen molar-refractivity contribution in [3.05, 3.63) is 99.9 Å². The van der Waals surface area contributed by atoms with Crippen LogP contribution in [0.25, 0.3) is 10.9 Å². The Kier molecular flexibility index (Phi) is 6.17. The van der Waals surface area contributed by atoms with Crippen LogP contribution in [0.3, 0.4) is 0 Å². The number of carbonyl (C=O) groups is 1. The Morgan fingerprint density at radius 2 is 1.72 bits per heavy atom. The molecule has 0 bridgehead atoms. The number of hydrogen-bond acceptors (Lipinski definition) is 6. The molecule has 0 aliphatic heterocycles. The van der Waals surface area contributed by atoms with Crippen molar-refractivity contribution in [1.29, 1.82) is 0 Å². The van der Waals surface area contributed by atoms with Gasteiger partial charge in [0.05, 0.1) is 16.9 Å². The fourth-order valence-electron chi connectivity index (χ4n) is 3.40. The summed E-state index contributed by atoms with van der Waals surface area (Å²) in [5.74, 6) is 0. The van der Waals surface area contributed by atoms with Gasteiger partial charge in [-0.3, -0.25) is 5.32 Å². The van der Waals surface area contributed by atoms with Crippen LogP contribution >= 0.6 is 0 Å². The molecule has 7 heteroatoms.